The molecule has 2 aliphatic rings. The number of aliphatic hydroxyl groups is 1. The number of benzene rings is 1. The van der Waals surface area contributed by atoms with E-state index in [2.05, 4.69) is 26.6 Å². The van der Waals surface area contributed by atoms with Crippen LogP contribution in [0.5, 0.6) is 0 Å². The van der Waals surface area contributed by atoms with E-state index >= 15 is 0 Å². The minimum absolute atomic E-state index is 0.0113. The van der Waals surface area contributed by atoms with E-state index in [1.54, 1.807) is 0 Å². The van der Waals surface area contributed by atoms with Gasteiger partial charge >= 0.3 is 0 Å². The lowest BCUT2D eigenvalue weighted by Crippen LogP contribution is -2.58. The van der Waals surface area contributed by atoms with Gasteiger partial charge in [0.1, 0.15) is 12.1 Å². The van der Waals surface area contributed by atoms with Gasteiger partial charge in [-0.15, -0.1) is 11.8 Å². The van der Waals surface area contributed by atoms with Crippen molar-refractivity contribution in [3.63, 3.8) is 0 Å². The van der Waals surface area contributed by atoms with Crippen molar-refractivity contribution in [3.05, 3.63) is 35.9 Å². The zero-order valence-corrected chi connectivity index (χ0v) is 30.2. The Bertz CT molecular complexity index is 1190. The van der Waals surface area contributed by atoms with E-state index in [-0.39, 0.29) is 54.7 Å². The summed E-state index contributed by atoms with van der Waals surface area (Å²) in [6, 6.07) is 7.36. The number of nitrogens with one attached hydrogen (secondary N) is 5. The highest BCUT2D eigenvalue weighted by Crippen LogP contribution is 2.39. The molecule has 1 aliphatic carbocycles. The van der Waals surface area contributed by atoms with Crippen molar-refractivity contribution in [1.82, 2.24) is 31.5 Å². The first-order chi connectivity index (χ1) is 22.1. The summed E-state index contributed by atoms with van der Waals surface area (Å²) < 4.78 is -0.610. The monoisotopic (exact) mass is 674 g/mol. The number of carbonyl (C=O) groups is 4. The normalized spacial score (nSPS) is 21.8. The minimum atomic E-state index is -0.896. The van der Waals surface area contributed by atoms with Gasteiger partial charge in [0.15, 0.2) is 0 Å². The van der Waals surface area contributed by atoms with E-state index in [4.69, 9.17) is 0 Å². The van der Waals surface area contributed by atoms with Crippen molar-refractivity contribution in [2.45, 2.75) is 126 Å². The van der Waals surface area contributed by atoms with Crippen LogP contribution in [-0.2, 0) is 25.6 Å². The minimum Gasteiger partial charge on any atom is -0.390 e. The summed E-state index contributed by atoms with van der Waals surface area (Å²) in [6.45, 7) is 12.2. The van der Waals surface area contributed by atoms with E-state index in [1.165, 1.54) is 31.0 Å². The summed E-state index contributed by atoms with van der Waals surface area (Å²) in [4.78, 5) is 54.7. The van der Waals surface area contributed by atoms with Gasteiger partial charge in [-0.05, 0) is 66.5 Å². The fourth-order valence-corrected chi connectivity index (χ4v) is 7.94. The van der Waals surface area contributed by atoms with Gasteiger partial charge in [-0.1, -0.05) is 62.4 Å². The molecule has 4 amide bonds. The van der Waals surface area contributed by atoms with Crippen LogP contribution in [0.2, 0.25) is 0 Å². The first-order valence-electron chi connectivity index (χ1n) is 17.1. The maximum Gasteiger partial charge on any atom is 0.245 e. The van der Waals surface area contributed by atoms with Crippen molar-refractivity contribution in [3.8, 4) is 0 Å². The zero-order valence-electron chi connectivity index (χ0n) is 29.4. The Morgan fingerprint density at radius 3 is 2.32 bits per heavy atom. The summed E-state index contributed by atoms with van der Waals surface area (Å²) in [6.07, 6.45) is 5.83. The fourth-order valence-electron chi connectivity index (χ4n) is 6.44. The molecule has 1 aliphatic heterocycles. The Morgan fingerprint density at radius 2 is 1.70 bits per heavy atom. The molecule has 264 valence electrons. The quantitative estimate of drug-likeness (QED) is 0.166. The van der Waals surface area contributed by atoms with Gasteiger partial charge < -0.3 is 26.4 Å². The summed E-state index contributed by atoms with van der Waals surface area (Å²) in [5.41, 5.74) is 0.469. The predicted octanol–water partition coefficient (Wildman–Crippen LogP) is 2.32. The van der Waals surface area contributed by atoms with Crippen LogP contribution in [0, 0.1) is 5.92 Å². The molecule has 6 N–H and O–H groups in total. The Morgan fingerprint density at radius 1 is 1.04 bits per heavy atom. The van der Waals surface area contributed by atoms with Crippen molar-refractivity contribution in [2.75, 3.05) is 26.7 Å². The van der Waals surface area contributed by atoms with Gasteiger partial charge in [0.05, 0.1) is 23.9 Å². The third-order valence-corrected chi connectivity index (χ3v) is 10.3. The van der Waals surface area contributed by atoms with Crippen LogP contribution >= 0.6 is 11.8 Å². The number of likely N-dealkylation sites (N-methyl/N-ethyl adjacent to an activating group) is 2. The van der Waals surface area contributed by atoms with E-state index in [9.17, 15) is 24.3 Å². The second-order valence-electron chi connectivity index (χ2n) is 14.7. The molecule has 1 aromatic carbocycles. The smallest absolute Gasteiger partial charge is 0.245 e. The highest BCUT2D eigenvalue weighted by atomic mass is 32.2. The van der Waals surface area contributed by atoms with Gasteiger partial charge in [-0.3, -0.25) is 29.4 Å². The SMILES string of the molecule is CCNC(=O)[C@@H](NC(=O)Cc1ccccc1)[C@@H]1N[C@@H](C(=O)NCC(O)CN(C)[C@@H](CC2CCCCC2)C(=O)NC(C)(C)C)C(C)(C)S1. The largest absolute Gasteiger partial charge is 0.390 e. The van der Waals surface area contributed by atoms with Gasteiger partial charge in [-0.25, -0.2) is 0 Å². The van der Waals surface area contributed by atoms with Crippen LogP contribution in [0.3, 0.4) is 0 Å². The van der Waals surface area contributed by atoms with E-state index < -0.39 is 28.3 Å². The van der Waals surface area contributed by atoms with Crippen molar-refractivity contribution in [2.24, 2.45) is 5.92 Å². The Hall–Kier alpha value is -2.67. The number of nitrogens with zero attached hydrogens (tertiary/aromatic N) is 1. The van der Waals surface area contributed by atoms with E-state index in [1.807, 2.05) is 83.8 Å². The molecule has 0 spiro atoms. The number of aliphatic hydroxyl groups excluding tert-OH is 1. The van der Waals surface area contributed by atoms with Crippen LogP contribution < -0.4 is 26.6 Å². The molecule has 0 aromatic heterocycles. The number of hydrogen-bond donors (Lipinski definition) is 6. The summed E-state index contributed by atoms with van der Waals surface area (Å²) >= 11 is 1.43. The second-order valence-corrected chi connectivity index (χ2v) is 16.5. The lowest BCUT2D eigenvalue weighted by molar-refractivity contribution is -0.129. The van der Waals surface area contributed by atoms with Gasteiger partial charge in [-0.2, -0.15) is 0 Å². The molecule has 47 heavy (non-hydrogen) atoms. The lowest BCUT2D eigenvalue weighted by Gasteiger charge is -2.35. The molecule has 0 bridgehead atoms. The molecule has 0 radical (unpaired) electrons. The van der Waals surface area contributed by atoms with Crippen molar-refractivity contribution < 1.29 is 24.3 Å². The van der Waals surface area contributed by atoms with Crippen LogP contribution in [0.15, 0.2) is 30.3 Å². The average Bonchev–Trinajstić information content (AvgIpc) is 3.32. The molecule has 1 unspecified atom stereocenters. The number of carbonyl (C=O) groups excluding carboxylic acids is 4. The maximum atomic E-state index is 13.5. The standard InChI is InChI=1S/C35H58N6O5S/c1-8-36-31(45)28(38-27(43)20-24-17-13-10-14-18-24)33-39-29(35(5,6)47-33)32(46)37-21-25(42)22-41(7)26(30(44)40-34(2,3)4)19-23-15-11-9-12-16-23/h10,13-14,17-18,23,25-26,28-29,33,39,42H,8-9,11-12,15-16,19-22H2,1-7H3,(H,36,45)(H,37,46)(H,38,43)(H,40,44)/t25?,26-,28+,29-,33+/m0/s1. The Labute approximate surface area is 285 Å². The van der Waals surface area contributed by atoms with E-state index in [0.717, 1.165) is 24.8 Å². The molecule has 5 atom stereocenters. The number of amides is 4. The fraction of sp³-hybridized carbons (Fsp3) is 0.714. The molecule has 3 rings (SSSR count). The molecule has 1 heterocycles. The first-order valence-corrected chi connectivity index (χ1v) is 18.0. The third-order valence-electron chi connectivity index (χ3n) is 8.80. The number of rotatable bonds is 15. The molecule has 11 nitrogen and oxygen atoms in total. The Balaban J connectivity index is 1.60. The lowest BCUT2D eigenvalue weighted by atomic mass is 9.84. The Kier molecular flexibility index (Phi) is 14.6. The summed E-state index contributed by atoms with van der Waals surface area (Å²) in [5, 5.41) is 25.4. The molecule has 2 fully saturated rings. The molecular formula is C35H58N6O5S. The van der Waals surface area contributed by atoms with Crippen LogP contribution in [0.4, 0.5) is 0 Å². The van der Waals surface area contributed by atoms with E-state index in [0.29, 0.717) is 12.5 Å². The van der Waals surface area contributed by atoms with Gasteiger partial charge in [0.2, 0.25) is 23.6 Å². The van der Waals surface area contributed by atoms with Gasteiger partial charge in [0, 0.05) is 29.9 Å². The van der Waals surface area contributed by atoms with Crippen LogP contribution in [0.1, 0.15) is 85.6 Å². The van der Waals surface area contributed by atoms with Crippen LogP contribution in [0.25, 0.3) is 0 Å². The third kappa shape index (κ3) is 12.4. The summed E-state index contributed by atoms with van der Waals surface area (Å²) in [7, 11) is 1.86. The number of hydrogen-bond acceptors (Lipinski definition) is 8. The maximum absolute atomic E-state index is 13.5. The highest BCUT2D eigenvalue weighted by molar-refractivity contribution is 8.01. The van der Waals surface area contributed by atoms with Crippen LogP contribution in [-0.4, -0.2) is 100 Å². The van der Waals surface area contributed by atoms with Crippen molar-refractivity contribution >= 4 is 35.4 Å². The molecule has 12 heteroatoms. The predicted molar refractivity (Wildman–Crippen MR) is 188 cm³/mol. The summed E-state index contributed by atoms with van der Waals surface area (Å²) in [5.74, 6) is -0.481. The molecule has 1 saturated heterocycles. The van der Waals surface area contributed by atoms with Gasteiger partial charge in [0.25, 0.3) is 0 Å². The molecular weight excluding hydrogens is 616 g/mol. The first kappa shape index (κ1) is 38.8. The highest BCUT2D eigenvalue weighted by Gasteiger charge is 2.49. The molecule has 1 saturated carbocycles. The zero-order chi connectivity index (χ0) is 34.8. The molecule has 1 aromatic rings. The van der Waals surface area contributed by atoms with Crippen molar-refractivity contribution in [1.29, 1.82) is 0 Å². The number of thioether (sulfide) groups is 1. The average molecular weight is 675 g/mol. The topological polar surface area (TPSA) is 152 Å². The second kappa shape index (κ2) is 17.6.